The Hall–Kier alpha value is -5.32. The van der Waals surface area contributed by atoms with E-state index in [0.717, 1.165) is 24.9 Å². The molecule has 0 spiro atoms. The maximum atomic E-state index is 16.0. The summed E-state index contributed by atoms with van der Waals surface area (Å²) in [5.74, 6) is -1.74. The molecule has 5 N–H and O–H groups in total. The number of halogens is 2. The monoisotopic (exact) mass is 792 g/mol. The highest BCUT2D eigenvalue weighted by molar-refractivity contribution is 6.32. The van der Waals surface area contributed by atoms with E-state index in [1.165, 1.54) is 0 Å². The van der Waals surface area contributed by atoms with Crippen molar-refractivity contribution in [2.45, 2.75) is 57.1 Å². The molecule has 296 valence electrons. The number of aliphatic hydroxyl groups is 2. The van der Waals surface area contributed by atoms with Crippen LogP contribution in [0.15, 0.2) is 77.4 Å². The summed E-state index contributed by atoms with van der Waals surface area (Å²) in [6, 6.07) is 19.4. The van der Waals surface area contributed by atoms with Gasteiger partial charge in [-0.3, -0.25) is 10.1 Å². The standard InChI is InChI=1S/C40H42ClFN4O10/c41-31-19-28(21-43-34(22-47)38(48)49)35(54-23-25-9-10-32-33(17-25)45-56-44-32)20-36(31)55-24-27-6-4-8-30(37(27)42)26-5-3-7-29(18-26)53-16-2-1-13-46-14-11-40(52,12-15-46)39(50)51/h3-10,17-20,34,43,47,52H,1-2,11-16,21-24H2,(H,48,49)(H,50,51)/t34-/m1/s1. The Morgan fingerprint density at radius 2 is 1.68 bits per heavy atom. The van der Waals surface area contributed by atoms with Crippen LogP contribution in [0.3, 0.4) is 0 Å². The van der Waals surface area contributed by atoms with Gasteiger partial charge in [-0.1, -0.05) is 48.0 Å². The molecule has 0 amide bonds. The van der Waals surface area contributed by atoms with Crippen molar-refractivity contribution in [2.24, 2.45) is 0 Å². The van der Waals surface area contributed by atoms with Crippen molar-refractivity contribution in [3.05, 3.63) is 100 Å². The normalized spacial score (nSPS) is 14.7. The third-order valence-electron chi connectivity index (χ3n) is 9.67. The molecule has 4 aromatic carbocycles. The number of aliphatic carboxylic acids is 2. The number of carboxylic acid groups (broad SMARTS) is 2. The molecule has 0 radical (unpaired) electrons. The molecular weight excluding hydrogens is 751 g/mol. The maximum Gasteiger partial charge on any atom is 0.335 e. The topological polar surface area (TPSA) is 197 Å². The molecular formula is C40H42ClFN4O10. The van der Waals surface area contributed by atoms with Gasteiger partial charge in [0.25, 0.3) is 0 Å². The van der Waals surface area contributed by atoms with E-state index in [2.05, 4.69) is 20.5 Å². The van der Waals surface area contributed by atoms with Crippen LogP contribution in [0.4, 0.5) is 4.39 Å². The second-order valence-electron chi connectivity index (χ2n) is 13.5. The first kappa shape index (κ1) is 40.3. The summed E-state index contributed by atoms with van der Waals surface area (Å²) < 4.78 is 38.9. The lowest BCUT2D eigenvalue weighted by molar-refractivity contribution is -0.163. The summed E-state index contributed by atoms with van der Waals surface area (Å²) in [6.07, 6.45) is 2.01. The number of piperidine rings is 1. The smallest absolute Gasteiger partial charge is 0.335 e. The number of benzene rings is 4. The first-order chi connectivity index (χ1) is 27.0. The summed E-state index contributed by atoms with van der Waals surface area (Å²) in [6.45, 7) is 1.58. The number of carboxylic acids is 2. The molecule has 5 aromatic rings. The number of rotatable bonds is 19. The number of nitrogens with zero attached hydrogens (tertiary/aromatic N) is 3. The quantitative estimate of drug-likeness (QED) is 0.0663. The highest BCUT2D eigenvalue weighted by Gasteiger charge is 2.39. The molecule has 56 heavy (non-hydrogen) atoms. The number of likely N-dealkylation sites (tertiary alicyclic amines) is 1. The molecule has 16 heteroatoms. The van der Waals surface area contributed by atoms with Crippen molar-refractivity contribution in [3.8, 4) is 28.4 Å². The van der Waals surface area contributed by atoms with Gasteiger partial charge in [-0.2, -0.15) is 0 Å². The van der Waals surface area contributed by atoms with Gasteiger partial charge in [0.05, 0.1) is 18.2 Å². The van der Waals surface area contributed by atoms with Gasteiger partial charge < -0.3 is 39.5 Å². The first-order valence-electron chi connectivity index (χ1n) is 18.1. The summed E-state index contributed by atoms with van der Waals surface area (Å²) in [4.78, 5) is 24.9. The molecule has 1 saturated heterocycles. The van der Waals surface area contributed by atoms with Crippen LogP contribution in [0.25, 0.3) is 22.2 Å². The predicted molar refractivity (Wildman–Crippen MR) is 202 cm³/mol. The minimum absolute atomic E-state index is 0.000709. The number of hydrogen-bond donors (Lipinski definition) is 5. The molecule has 2 heterocycles. The molecule has 1 aliphatic rings. The Balaban J connectivity index is 1.08. The number of ether oxygens (including phenoxy) is 3. The molecule has 1 atom stereocenters. The summed E-state index contributed by atoms with van der Waals surface area (Å²) in [7, 11) is 0. The molecule has 0 aliphatic carbocycles. The van der Waals surface area contributed by atoms with E-state index in [0.29, 0.717) is 58.9 Å². The van der Waals surface area contributed by atoms with E-state index in [1.54, 1.807) is 66.7 Å². The summed E-state index contributed by atoms with van der Waals surface area (Å²) in [5.41, 5.74) is 2.00. The predicted octanol–water partition coefficient (Wildman–Crippen LogP) is 5.45. The van der Waals surface area contributed by atoms with Crippen LogP contribution in [0.5, 0.6) is 17.2 Å². The Morgan fingerprint density at radius 1 is 0.911 bits per heavy atom. The second-order valence-corrected chi connectivity index (χ2v) is 14.0. The SMILES string of the molecule is O=C(O)[C@@H](CO)NCc1cc(Cl)c(OCc2cccc(-c3cccc(OCCCCN4CCC(O)(C(=O)O)CC4)c3)c2F)cc1OCc1ccc2nonc2c1. The van der Waals surface area contributed by atoms with Gasteiger partial charge >= 0.3 is 11.9 Å². The van der Waals surface area contributed by atoms with E-state index in [4.69, 9.17) is 30.4 Å². The second kappa shape index (κ2) is 18.5. The Labute approximate surface area is 326 Å². The van der Waals surface area contributed by atoms with Crippen molar-refractivity contribution in [1.82, 2.24) is 20.5 Å². The zero-order valence-corrected chi connectivity index (χ0v) is 31.1. The highest BCUT2D eigenvalue weighted by atomic mass is 35.5. The third kappa shape index (κ3) is 10.1. The summed E-state index contributed by atoms with van der Waals surface area (Å²) in [5, 5.41) is 48.8. The van der Waals surface area contributed by atoms with Crippen molar-refractivity contribution in [2.75, 3.05) is 32.8 Å². The fraction of sp³-hybridized carbons (Fsp3) is 0.350. The number of aliphatic hydroxyl groups excluding tert-OH is 1. The molecule has 6 rings (SSSR count). The van der Waals surface area contributed by atoms with E-state index in [-0.39, 0.29) is 48.9 Å². The Bertz CT molecular complexity index is 2140. The molecule has 1 aliphatic heterocycles. The van der Waals surface area contributed by atoms with Crippen LogP contribution >= 0.6 is 11.6 Å². The number of hydrogen-bond acceptors (Lipinski definition) is 12. The van der Waals surface area contributed by atoms with E-state index in [9.17, 15) is 30.0 Å². The molecule has 0 saturated carbocycles. The van der Waals surface area contributed by atoms with Crippen molar-refractivity contribution in [1.29, 1.82) is 0 Å². The van der Waals surface area contributed by atoms with Gasteiger partial charge in [-0.25, -0.2) is 13.8 Å². The number of fused-ring (bicyclic) bond motifs is 1. The third-order valence-corrected chi connectivity index (χ3v) is 9.97. The number of nitrogens with one attached hydrogen (secondary N) is 1. The van der Waals surface area contributed by atoms with Gasteiger partial charge in [0.1, 0.15) is 53.4 Å². The van der Waals surface area contributed by atoms with Crippen LogP contribution in [-0.4, -0.2) is 92.1 Å². The highest BCUT2D eigenvalue weighted by Crippen LogP contribution is 2.35. The zero-order chi connectivity index (χ0) is 39.7. The molecule has 1 fully saturated rings. The maximum absolute atomic E-state index is 16.0. The molecule has 14 nitrogen and oxygen atoms in total. The van der Waals surface area contributed by atoms with Gasteiger partial charge in [-0.15, -0.1) is 0 Å². The molecule has 0 unspecified atom stereocenters. The van der Waals surface area contributed by atoms with Gasteiger partial charge in [0.2, 0.25) is 0 Å². The van der Waals surface area contributed by atoms with E-state index >= 15 is 4.39 Å². The van der Waals surface area contributed by atoms with Gasteiger partial charge in [0, 0.05) is 42.4 Å². The first-order valence-corrected chi connectivity index (χ1v) is 18.5. The van der Waals surface area contributed by atoms with Crippen LogP contribution in [-0.2, 0) is 29.3 Å². The molecule has 1 aromatic heterocycles. The summed E-state index contributed by atoms with van der Waals surface area (Å²) >= 11 is 6.62. The lowest BCUT2D eigenvalue weighted by atomic mass is 9.91. The fourth-order valence-electron chi connectivity index (χ4n) is 6.31. The van der Waals surface area contributed by atoms with Crippen molar-refractivity contribution < 1.29 is 53.2 Å². The average molecular weight is 793 g/mol. The molecule has 0 bridgehead atoms. The largest absolute Gasteiger partial charge is 0.494 e. The van der Waals surface area contributed by atoms with Gasteiger partial charge in [-0.05, 0) is 84.0 Å². The fourth-order valence-corrected chi connectivity index (χ4v) is 6.55. The van der Waals surface area contributed by atoms with Crippen LogP contribution in [0, 0.1) is 5.82 Å². The van der Waals surface area contributed by atoms with Gasteiger partial charge in [0.15, 0.2) is 5.60 Å². The number of aromatic nitrogens is 2. The number of unbranched alkanes of at least 4 members (excludes halogenated alkanes) is 1. The lowest BCUT2D eigenvalue weighted by Crippen LogP contribution is -2.49. The van der Waals surface area contributed by atoms with E-state index in [1.807, 2.05) is 6.07 Å². The van der Waals surface area contributed by atoms with E-state index < -0.39 is 36.0 Å². The van der Waals surface area contributed by atoms with Crippen molar-refractivity contribution >= 4 is 34.6 Å². The number of carbonyl (C=O) groups is 2. The minimum atomic E-state index is -1.64. The Kier molecular flexibility index (Phi) is 13.4. The van der Waals surface area contributed by atoms with Crippen molar-refractivity contribution in [3.63, 3.8) is 0 Å². The average Bonchev–Trinajstić information content (AvgIpc) is 3.66. The van der Waals surface area contributed by atoms with Crippen LogP contribution in [0.1, 0.15) is 42.4 Å². The Morgan fingerprint density at radius 3 is 2.45 bits per heavy atom. The minimum Gasteiger partial charge on any atom is -0.494 e. The van der Waals surface area contributed by atoms with Crippen LogP contribution < -0.4 is 19.5 Å². The zero-order valence-electron chi connectivity index (χ0n) is 30.3. The van der Waals surface area contributed by atoms with Crippen LogP contribution in [0.2, 0.25) is 5.02 Å². The lowest BCUT2D eigenvalue weighted by Gasteiger charge is -2.35.